The van der Waals surface area contributed by atoms with Crippen molar-refractivity contribution in [2.45, 2.75) is 46.3 Å². The number of methoxy groups -OCH3 is 1. The number of Topliss-reactive ketones (excluding diaryl/α,β-unsaturated/α-hetero) is 1. The molecule has 7 nitrogen and oxygen atoms in total. The van der Waals surface area contributed by atoms with Crippen molar-refractivity contribution < 1.29 is 33.3 Å². The van der Waals surface area contributed by atoms with Gasteiger partial charge in [-0.15, -0.1) is 0 Å². The van der Waals surface area contributed by atoms with Crippen LogP contribution in [-0.4, -0.2) is 49.3 Å². The van der Waals surface area contributed by atoms with Crippen LogP contribution in [0.4, 0.5) is 10.1 Å². The number of rotatable bonds is 7. The Morgan fingerprint density at radius 3 is 2.46 bits per heavy atom. The molecule has 3 atom stereocenters. The molecule has 26 heavy (non-hydrogen) atoms. The summed E-state index contributed by atoms with van der Waals surface area (Å²) in [5.41, 5.74) is -0.177. The van der Waals surface area contributed by atoms with Gasteiger partial charge in [0, 0.05) is 12.5 Å². The highest BCUT2D eigenvalue weighted by Crippen LogP contribution is 2.32. The number of ether oxygens (including phenoxy) is 3. The number of nitrogens with zero attached hydrogens (tertiary/aromatic N) is 1. The number of hydrogen-bond donors (Lipinski definition) is 1. The maximum atomic E-state index is 13.4. The summed E-state index contributed by atoms with van der Waals surface area (Å²) in [6, 6.07) is 2.90. The van der Waals surface area contributed by atoms with Crippen LogP contribution in [0.1, 0.15) is 38.1 Å². The highest BCUT2D eigenvalue weighted by atomic mass is 19.1. The first kappa shape index (κ1) is 20.4. The molecule has 144 valence electrons. The van der Waals surface area contributed by atoms with Gasteiger partial charge >= 0.3 is 0 Å². The van der Waals surface area contributed by atoms with Crippen LogP contribution in [0, 0.1) is 11.2 Å². The summed E-state index contributed by atoms with van der Waals surface area (Å²) < 4.78 is 29.3. The highest BCUT2D eigenvalue weighted by Gasteiger charge is 2.41. The lowest BCUT2D eigenvalue weighted by Gasteiger charge is -2.31. The van der Waals surface area contributed by atoms with Gasteiger partial charge in [0.2, 0.25) is 0 Å². The number of hydrogen-bond acceptors (Lipinski definition) is 6. The standard InChI is InChI=1S/C18H24FNO6/c1-10(16(24-5)25-9-26-17(23)18(2,3)4)20-13-7-6-11(19)8-12(13)14(21)15(20)22/h6-8,10,16-17,23H,9H2,1-5H3. The van der Waals surface area contributed by atoms with E-state index >= 15 is 0 Å². The van der Waals surface area contributed by atoms with Crippen LogP contribution >= 0.6 is 0 Å². The third-order valence-corrected chi connectivity index (χ3v) is 4.11. The Labute approximate surface area is 151 Å². The van der Waals surface area contributed by atoms with E-state index in [1.54, 1.807) is 27.7 Å². The molecule has 1 N–H and O–H groups in total. The van der Waals surface area contributed by atoms with Gasteiger partial charge in [-0.25, -0.2) is 4.39 Å². The molecule has 3 unspecified atom stereocenters. The van der Waals surface area contributed by atoms with Crippen LogP contribution in [0.5, 0.6) is 0 Å². The summed E-state index contributed by atoms with van der Waals surface area (Å²) in [6.07, 6.45) is -1.97. The van der Waals surface area contributed by atoms with Crippen molar-refractivity contribution in [3.63, 3.8) is 0 Å². The third kappa shape index (κ3) is 4.09. The molecule has 0 saturated heterocycles. The minimum absolute atomic E-state index is 0.0103. The SMILES string of the molecule is COC(OCOC(O)C(C)(C)C)C(C)N1C(=O)C(=O)c2cc(F)ccc21. The predicted molar refractivity (Wildman–Crippen MR) is 91.0 cm³/mol. The third-order valence-electron chi connectivity index (χ3n) is 4.11. The maximum absolute atomic E-state index is 13.4. The van der Waals surface area contributed by atoms with Gasteiger partial charge in [-0.05, 0) is 25.1 Å². The molecule has 0 spiro atoms. The zero-order valence-electron chi connectivity index (χ0n) is 15.5. The molecule has 0 radical (unpaired) electrons. The Bertz CT molecular complexity index is 687. The van der Waals surface area contributed by atoms with Crippen molar-refractivity contribution in [3.8, 4) is 0 Å². The predicted octanol–water partition coefficient (Wildman–Crippen LogP) is 2.07. The van der Waals surface area contributed by atoms with Crippen molar-refractivity contribution in [2.24, 2.45) is 5.41 Å². The quantitative estimate of drug-likeness (QED) is 0.585. The van der Waals surface area contributed by atoms with E-state index in [0.717, 1.165) is 6.07 Å². The molecule has 1 aliphatic rings. The van der Waals surface area contributed by atoms with E-state index < -0.39 is 41.5 Å². The molecule has 1 heterocycles. The van der Waals surface area contributed by atoms with Gasteiger partial charge in [0.25, 0.3) is 11.7 Å². The first-order valence-corrected chi connectivity index (χ1v) is 8.19. The van der Waals surface area contributed by atoms with E-state index in [2.05, 4.69) is 0 Å². The zero-order valence-corrected chi connectivity index (χ0v) is 15.5. The molecule has 1 aliphatic heterocycles. The average molecular weight is 369 g/mol. The number of aliphatic hydroxyl groups is 1. The van der Waals surface area contributed by atoms with Crippen molar-refractivity contribution in [3.05, 3.63) is 29.6 Å². The number of benzene rings is 1. The monoisotopic (exact) mass is 369 g/mol. The van der Waals surface area contributed by atoms with Crippen LogP contribution < -0.4 is 4.90 Å². The average Bonchev–Trinajstić information content (AvgIpc) is 2.81. The minimum atomic E-state index is -1.05. The Morgan fingerprint density at radius 2 is 1.88 bits per heavy atom. The number of amides is 1. The second-order valence-corrected chi connectivity index (χ2v) is 7.18. The summed E-state index contributed by atoms with van der Waals surface area (Å²) in [6.45, 7) is 6.78. The Kier molecular flexibility index (Phi) is 6.13. The van der Waals surface area contributed by atoms with Crippen molar-refractivity contribution in [2.75, 3.05) is 18.8 Å². The van der Waals surface area contributed by atoms with E-state index in [1.807, 2.05) is 0 Å². The Morgan fingerprint density at radius 1 is 1.23 bits per heavy atom. The molecule has 2 rings (SSSR count). The summed E-state index contributed by atoms with van der Waals surface area (Å²) >= 11 is 0. The summed E-state index contributed by atoms with van der Waals surface area (Å²) in [5.74, 6) is -2.15. The number of carbonyl (C=O) groups excluding carboxylic acids is 2. The number of ketones is 1. The largest absolute Gasteiger partial charge is 0.367 e. The summed E-state index contributed by atoms with van der Waals surface area (Å²) in [4.78, 5) is 25.6. The van der Waals surface area contributed by atoms with E-state index in [1.165, 1.54) is 24.1 Å². The van der Waals surface area contributed by atoms with Crippen LogP contribution in [0.25, 0.3) is 0 Å². The van der Waals surface area contributed by atoms with Crippen LogP contribution in [0.2, 0.25) is 0 Å². The molecule has 0 fully saturated rings. The van der Waals surface area contributed by atoms with Gasteiger partial charge in [0.15, 0.2) is 19.4 Å². The second-order valence-electron chi connectivity index (χ2n) is 7.18. The molecule has 8 heteroatoms. The van der Waals surface area contributed by atoms with E-state index in [4.69, 9.17) is 14.2 Å². The molecule has 1 aromatic rings. The maximum Gasteiger partial charge on any atom is 0.299 e. The smallest absolute Gasteiger partial charge is 0.299 e. The number of fused-ring (bicyclic) bond motifs is 1. The number of halogens is 1. The minimum Gasteiger partial charge on any atom is -0.367 e. The lowest BCUT2D eigenvalue weighted by Crippen LogP contribution is -2.47. The fraction of sp³-hybridized carbons (Fsp3) is 0.556. The summed E-state index contributed by atoms with van der Waals surface area (Å²) in [5, 5.41) is 9.87. The zero-order chi connectivity index (χ0) is 19.6. The lowest BCUT2D eigenvalue weighted by molar-refractivity contribution is -0.253. The molecule has 1 amide bonds. The molecule has 1 aromatic carbocycles. The van der Waals surface area contributed by atoms with Gasteiger partial charge in [-0.1, -0.05) is 20.8 Å². The fourth-order valence-electron chi connectivity index (χ4n) is 2.59. The molecule has 0 aromatic heterocycles. The molecular formula is C18H24FNO6. The van der Waals surface area contributed by atoms with Crippen LogP contribution in [0.15, 0.2) is 18.2 Å². The van der Waals surface area contributed by atoms with E-state index in [-0.39, 0.29) is 12.4 Å². The van der Waals surface area contributed by atoms with Gasteiger partial charge < -0.3 is 19.3 Å². The van der Waals surface area contributed by atoms with Gasteiger partial charge in [-0.3, -0.25) is 14.5 Å². The van der Waals surface area contributed by atoms with Gasteiger partial charge in [0.05, 0.1) is 17.3 Å². The molecule has 0 bridgehead atoms. The lowest BCUT2D eigenvalue weighted by atomic mass is 9.96. The second kappa shape index (κ2) is 7.79. The van der Waals surface area contributed by atoms with Gasteiger partial charge in [-0.2, -0.15) is 0 Å². The number of carbonyl (C=O) groups is 2. The Balaban J connectivity index is 2.10. The van der Waals surface area contributed by atoms with Gasteiger partial charge in [0.1, 0.15) is 5.82 Å². The normalized spacial score (nSPS) is 18.0. The fourth-order valence-corrected chi connectivity index (χ4v) is 2.59. The molecule has 0 aliphatic carbocycles. The number of anilines is 1. The molecular weight excluding hydrogens is 345 g/mol. The highest BCUT2D eigenvalue weighted by molar-refractivity contribution is 6.52. The van der Waals surface area contributed by atoms with Crippen molar-refractivity contribution >= 4 is 17.4 Å². The molecule has 0 saturated carbocycles. The topological polar surface area (TPSA) is 85.3 Å². The van der Waals surface area contributed by atoms with Crippen molar-refractivity contribution in [1.29, 1.82) is 0 Å². The van der Waals surface area contributed by atoms with Crippen LogP contribution in [0.3, 0.4) is 0 Å². The van der Waals surface area contributed by atoms with Crippen molar-refractivity contribution in [1.82, 2.24) is 0 Å². The first-order valence-electron chi connectivity index (χ1n) is 8.19. The van der Waals surface area contributed by atoms with E-state index in [0.29, 0.717) is 5.69 Å². The van der Waals surface area contributed by atoms with E-state index in [9.17, 15) is 19.1 Å². The first-order chi connectivity index (χ1) is 12.1. The Hall–Kier alpha value is -1.87. The number of aliphatic hydroxyl groups excluding tert-OH is 1. The van der Waals surface area contributed by atoms with Crippen LogP contribution in [-0.2, 0) is 19.0 Å². The summed E-state index contributed by atoms with van der Waals surface area (Å²) in [7, 11) is 1.38.